The Morgan fingerprint density at radius 3 is 2.41 bits per heavy atom. The van der Waals surface area contributed by atoms with Crippen molar-refractivity contribution in [2.24, 2.45) is 18.6 Å². The minimum Gasteiger partial charge on any atom is -0.397 e. The van der Waals surface area contributed by atoms with Gasteiger partial charge in [0, 0.05) is 54.5 Å². The van der Waals surface area contributed by atoms with E-state index in [9.17, 15) is 18.0 Å². The van der Waals surface area contributed by atoms with E-state index < -0.39 is 17.6 Å². The maximum Gasteiger partial charge on any atom is 0.416 e. The molecule has 1 saturated heterocycles. The molecular weight excluding hydrogens is 533 g/mol. The highest BCUT2D eigenvalue weighted by Crippen LogP contribution is 2.36. The summed E-state index contributed by atoms with van der Waals surface area (Å²) in [6.45, 7) is 5.45. The van der Waals surface area contributed by atoms with Crippen LogP contribution in [-0.2, 0) is 13.2 Å². The fourth-order valence-corrected chi connectivity index (χ4v) is 4.95. The monoisotopic (exact) mass is 570 g/mol. The Balaban J connectivity index is 1.59. The largest absolute Gasteiger partial charge is 0.416 e. The minimum absolute atomic E-state index is 0.0579. The normalized spacial score (nSPS) is 15.2. The SMILES string of the molecule is Cc1ccc(C(=O)Nc2cc(N(C)C3CCN(C)CC3)cc(C(F)(F)F)c2)cc1N(N)/C=C(\N)c1cnn(C)c1C. The molecule has 220 valence electrons. The second kappa shape index (κ2) is 11.8. The number of hydrogen-bond donors (Lipinski definition) is 3. The van der Waals surface area contributed by atoms with Crippen molar-refractivity contribution in [2.45, 2.75) is 38.9 Å². The number of likely N-dealkylation sites (tertiary alicyclic amines) is 1. The lowest BCUT2D eigenvalue weighted by molar-refractivity contribution is -0.137. The van der Waals surface area contributed by atoms with Gasteiger partial charge < -0.3 is 20.9 Å². The van der Waals surface area contributed by atoms with Crippen molar-refractivity contribution >= 4 is 28.7 Å². The molecule has 2 aromatic carbocycles. The van der Waals surface area contributed by atoms with Crippen LogP contribution in [0.5, 0.6) is 0 Å². The van der Waals surface area contributed by atoms with Crippen molar-refractivity contribution in [1.82, 2.24) is 14.7 Å². The molecule has 0 unspecified atom stereocenters. The highest BCUT2D eigenvalue weighted by molar-refractivity contribution is 6.05. The molecule has 2 heterocycles. The molecule has 0 radical (unpaired) electrons. The predicted octanol–water partition coefficient (Wildman–Crippen LogP) is 4.48. The van der Waals surface area contributed by atoms with Crippen LogP contribution in [0.4, 0.5) is 30.2 Å². The van der Waals surface area contributed by atoms with E-state index in [0.717, 1.165) is 54.9 Å². The maximum absolute atomic E-state index is 13.8. The lowest BCUT2D eigenvalue weighted by Gasteiger charge is -2.36. The number of hydrogen-bond acceptors (Lipinski definition) is 7. The Labute approximate surface area is 238 Å². The minimum atomic E-state index is -4.57. The van der Waals surface area contributed by atoms with Gasteiger partial charge in [-0.25, -0.2) is 5.84 Å². The van der Waals surface area contributed by atoms with Gasteiger partial charge in [-0.3, -0.25) is 14.5 Å². The number of nitrogens with one attached hydrogen (secondary N) is 1. The van der Waals surface area contributed by atoms with Crippen LogP contribution in [0.25, 0.3) is 5.70 Å². The summed E-state index contributed by atoms with van der Waals surface area (Å²) in [6.07, 6.45) is 0.280. The number of rotatable bonds is 7. The standard InChI is InChI=1S/C29H37F3N8O/c1-18-6-7-20(12-27(18)40(34)17-26(33)25-16-35-39(5)19(25)2)28(41)36-22-13-21(29(30,31)32)14-24(15-22)38(4)23-8-10-37(3)11-9-23/h6-7,12-17,23H,8-11,33-34H2,1-5H3,(H,36,41)/b26-17-. The first-order valence-electron chi connectivity index (χ1n) is 13.3. The number of anilines is 3. The molecule has 1 amide bonds. The van der Waals surface area contributed by atoms with Gasteiger partial charge >= 0.3 is 6.18 Å². The van der Waals surface area contributed by atoms with Crippen molar-refractivity contribution < 1.29 is 18.0 Å². The summed E-state index contributed by atoms with van der Waals surface area (Å²) in [4.78, 5) is 17.3. The number of nitrogens with zero attached hydrogens (tertiary/aromatic N) is 5. The molecule has 0 saturated carbocycles. The molecule has 0 atom stereocenters. The smallest absolute Gasteiger partial charge is 0.397 e. The van der Waals surface area contributed by atoms with Crippen LogP contribution >= 0.6 is 0 Å². The first-order valence-corrected chi connectivity index (χ1v) is 13.3. The third-order valence-electron chi connectivity index (χ3n) is 7.72. The zero-order valence-electron chi connectivity index (χ0n) is 24.0. The van der Waals surface area contributed by atoms with Crippen LogP contribution in [0, 0.1) is 13.8 Å². The van der Waals surface area contributed by atoms with Gasteiger partial charge in [0.25, 0.3) is 5.91 Å². The zero-order chi connectivity index (χ0) is 30.1. The molecule has 5 N–H and O–H groups in total. The number of amides is 1. The molecule has 1 fully saturated rings. The molecule has 0 bridgehead atoms. The summed E-state index contributed by atoms with van der Waals surface area (Å²) >= 11 is 0. The van der Waals surface area contributed by atoms with Gasteiger partial charge in [-0.2, -0.15) is 18.3 Å². The van der Waals surface area contributed by atoms with Crippen LogP contribution in [0.3, 0.4) is 0 Å². The van der Waals surface area contributed by atoms with E-state index in [1.54, 1.807) is 49.2 Å². The number of benzene rings is 2. The lowest BCUT2D eigenvalue weighted by Crippen LogP contribution is -2.42. The number of aryl methyl sites for hydroxylation is 2. The number of nitrogens with two attached hydrogens (primary N) is 2. The van der Waals surface area contributed by atoms with Crippen LogP contribution in [0.15, 0.2) is 48.8 Å². The number of hydrazine groups is 1. The molecule has 9 nitrogen and oxygen atoms in total. The summed E-state index contributed by atoms with van der Waals surface area (Å²) in [6, 6.07) is 8.65. The second-order valence-corrected chi connectivity index (χ2v) is 10.6. The van der Waals surface area contributed by atoms with Crippen LogP contribution in [0.2, 0.25) is 0 Å². The van der Waals surface area contributed by atoms with Crippen molar-refractivity contribution in [3.05, 3.63) is 76.7 Å². The fraction of sp³-hybridized carbons (Fsp3) is 0.379. The summed E-state index contributed by atoms with van der Waals surface area (Å²) < 4.78 is 43.2. The van der Waals surface area contributed by atoms with Crippen LogP contribution in [-0.4, -0.2) is 53.8 Å². The van der Waals surface area contributed by atoms with Gasteiger partial charge in [-0.1, -0.05) is 6.07 Å². The van der Waals surface area contributed by atoms with Gasteiger partial charge in [-0.15, -0.1) is 0 Å². The first-order chi connectivity index (χ1) is 19.2. The molecule has 0 spiro atoms. The van der Waals surface area contributed by atoms with Gasteiger partial charge in [0.2, 0.25) is 0 Å². The highest BCUT2D eigenvalue weighted by Gasteiger charge is 2.32. The molecule has 1 aromatic heterocycles. The molecular formula is C29H37F3N8O. The average molecular weight is 571 g/mol. The van der Waals surface area contributed by atoms with Crippen molar-refractivity contribution in [2.75, 3.05) is 42.4 Å². The number of carbonyl (C=O) groups is 1. The lowest BCUT2D eigenvalue weighted by atomic mass is 10.0. The number of halogens is 3. The Hall–Kier alpha value is -4.03. The Bertz CT molecular complexity index is 1440. The predicted molar refractivity (Wildman–Crippen MR) is 156 cm³/mol. The van der Waals surface area contributed by atoms with E-state index in [1.807, 2.05) is 25.8 Å². The Morgan fingerprint density at radius 1 is 1.12 bits per heavy atom. The third-order valence-corrected chi connectivity index (χ3v) is 7.72. The average Bonchev–Trinajstić information content (AvgIpc) is 3.26. The Kier molecular flexibility index (Phi) is 8.64. The number of aromatic nitrogens is 2. The van der Waals surface area contributed by atoms with Gasteiger partial charge in [0.05, 0.1) is 23.1 Å². The molecule has 41 heavy (non-hydrogen) atoms. The van der Waals surface area contributed by atoms with Gasteiger partial charge in [-0.05, 0) is 82.7 Å². The second-order valence-electron chi connectivity index (χ2n) is 10.6. The maximum atomic E-state index is 13.8. The van der Waals surface area contributed by atoms with Crippen molar-refractivity contribution in [3.63, 3.8) is 0 Å². The van der Waals surface area contributed by atoms with E-state index in [2.05, 4.69) is 15.3 Å². The molecule has 4 rings (SSSR count). The molecule has 0 aliphatic carbocycles. The topological polar surface area (TPSA) is 109 Å². The van der Waals surface area contributed by atoms with Gasteiger partial charge in [0.15, 0.2) is 0 Å². The number of alkyl halides is 3. The van der Waals surface area contributed by atoms with E-state index in [0.29, 0.717) is 17.1 Å². The number of carbonyl (C=O) groups excluding carboxylic acids is 1. The van der Waals surface area contributed by atoms with Crippen LogP contribution < -0.4 is 26.8 Å². The van der Waals surface area contributed by atoms with Crippen LogP contribution in [0.1, 0.15) is 45.6 Å². The van der Waals surface area contributed by atoms with Crippen molar-refractivity contribution in [3.8, 4) is 0 Å². The summed E-state index contributed by atoms with van der Waals surface area (Å²) in [5.41, 5.74) is 9.37. The van der Waals surface area contributed by atoms with Crippen molar-refractivity contribution in [1.29, 1.82) is 0 Å². The zero-order valence-corrected chi connectivity index (χ0v) is 24.0. The van der Waals surface area contributed by atoms with Gasteiger partial charge in [0.1, 0.15) is 0 Å². The van der Waals surface area contributed by atoms with E-state index in [1.165, 1.54) is 11.2 Å². The van der Waals surface area contributed by atoms with E-state index >= 15 is 0 Å². The third kappa shape index (κ3) is 6.83. The Morgan fingerprint density at radius 2 is 1.80 bits per heavy atom. The summed E-state index contributed by atoms with van der Waals surface area (Å²) in [7, 11) is 5.63. The quantitative estimate of drug-likeness (QED) is 0.284. The molecule has 3 aromatic rings. The highest BCUT2D eigenvalue weighted by atomic mass is 19.4. The van der Waals surface area contributed by atoms with E-state index in [4.69, 9.17) is 11.6 Å². The summed E-state index contributed by atoms with van der Waals surface area (Å²) in [5.74, 6) is 5.73. The summed E-state index contributed by atoms with van der Waals surface area (Å²) in [5, 5.41) is 8.15. The molecule has 1 aliphatic rings. The fourth-order valence-electron chi connectivity index (χ4n) is 4.95. The first kappa shape index (κ1) is 29.9. The van der Waals surface area contributed by atoms with E-state index in [-0.39, 0.29) is 17.3 Å². The number of piperidine rings is 1. The molecule has 12 heteroatoms. The molecule has 1 aliphatic heterocycles.